The first-order valence-electron chi connectivity index (χ1n) is 15.5. The largest absolute Gasteiger partial charge is 0.573 e. The summed E-state index contributed by atoms with van der Waals surface area (Å²) in [5.41, 5.74) is 1.38. The summed E-state index contributed by atoms with van der Waals surface area (Å²) in [5, 5.41) is 3.71. The second kappa shape index (κ2) is 17.9. The van der Waals surface area contributed by atoms with Crippen molar-refractivity contribution in [3.8, 4) is 23.0 Å². The van der Waals surface area contributed by atoms with Gasteiger partial charge in [0.25, 0.3) is 5.91 Å². The van der Waals surface area contributed by atoms with E-state index in [1.54, 1.807) is 63.2 Å². The quantitative estimate of drug-likeness (QED) is 0.147. The van der Waals surface area contributed by atoms with Crippen LogP contribution in [0.4, 0.5) is 24.5 Å². The Hall–Kier alpha value is -4.32. The molecule has 9 nitrogen and oxygen atoms in total. The third-order valence-corrected chi connectivity index (χ3v) is 7.10. The molecule has 3 aromatic rings. The first kappa shape index (κ1) is 40.9. The molecule has 0 saturated heterocycles. The zero-order chi connectivity index (χ0) is 35.6. The lowest BCUT2D eigenvalue weighted by Crippen LogP contribution is -2.37. The van der Waals surface area contributed by atoms with E-state index in [-0.39, 0.29) is 44.4 Å². The second-order valence-electron chi connectivity index (χ2n) is 11.5. The van der Waals surface area contributed by atoms with Crippen LogP contribution >= 0.6 is 11.6 Å². The maximum atomic E-state index is 14.2. The molecule has 1 amide bonds. The summed E-state index contributed by atoms with van der Waals surface area (Å²) in [7, 11) is 2.74. The van der Waals surface area contributed by atoms with Crippen LogP contribution in [-0.2, 0) is 20.7 Å². The summed E-state index contributed by atoms with van der Waals surface area (Å²) in [4.78, 5) is 27.7. The van der Waals surface area contributed by atoms with Gasteiger partial charge in [-0.1, -0.05) is 45.0 Å². The van der Waals surface area contributed by atoms with Crippen LogP contribution in [0, 0.1) is 0 Å². The van der Waals surface area contributed by atoms with E-state index in [2.05, 4.69) is 10.1 Å². The number of hydrogen-bond donors (Lipinski definition) is 1. The maximum Gasteiger partial charge on any atom is 0.573 e. The number of halogens is 4. The number of alkyl halides is 3. The number of nitrogens with zero attached hydrogens (tertiary/aromatic N) is 1. The van der Waals surface area contributed by atoms with Gasteiger partial charge in [0.05, 0.1) is 26.5 Å². The van der Waals surface area contributed by atoms with E-state index in [1.807, 2.05) is 13.8 Å². The molecule has 0 aromatic heterocycles. The highest BCUT2D eigenvalue weighted by Crippen LogP contribution is 2.42. The normalized spacial score (nSPS) is 12.8. The standard InChI is InChI=1S/C33H36ClF3N2O7.C2H6.CH4/c1-32(2,3)46-29(40)7-6-14-44-25-17-23(16-24(18-25)42-4)38-30(20-8-10-22(34)11-9-20)31(41)39-13-12-21-15-27(43-5)28(19-26(21)39)45-33(35,36)37;1-2;/h8-11,15-19,30,38H,6-7,12-14H2,1-5H3;1-2H3;1H4. The molecule has 0 radical (unpaired) electrons. The molecule has 270 valence electrons. The minimum Gasteiger partial charge on any atom is -0.497 e. The third-order valence-electron chi connectivity index (χ3n) is 6.84. The molecule has 1 N–H and O–H groups in total. The zero-order valence-electron chi connectivity index (χ0n) is 28.1. The van der Waals surface area contributed by atoms with Gasteiger partial charge in [-0.2, -0.15) is 0 Å². The molecule has 0 saturated carbocycles. The molecule has 0 fully saturated rings. The molecular weight excluding hydrogens is 665 g/mol. The number of carbonyl (C=O) groups is 2. The van der Waals surface area contributed by atoms with E-state index in [9.17, 15) is 22.8 Å². The molecule has 1 atom stereocenters. The van der Waals surface area contributed by atoms with Gasteiger partial charge in [0, 0.05) is 47.9 Å². The van der Waals surface area contributed by atoms with E-state index in [0.29, 0.717) is 46.2 Å². The fourth-order valence-corrected chi connectivity index (χ4v) is 5.04. The topological polar surface area (TPSA) is 95.6 Å². The number of carbonyl (C=O) groups excluding carboxylic acids is 2. The van der Waals surface area contributed by atoms with Crippen molar-refractivity contribution in [2.75, 3.05) is 37.6 Å². The van der Waals surface area contributed by atoms with Crippen molar-refractivity contribution in [3.05, 3.63) is 70.7 Å². The van der Waals surface area contributed by atoms with E-state index >= 15 is 0 Å². The van der Waals surface area contributed by atoms with Crippen molar-refractivity contribution in [2.24, 2.45) is 0 Å². The van der Waals surface area contributed by atoms with Crippen molar-refractivity contribution in [2.45, 2.75) is 79.3 Å². The first-order chi connectivity index (χ1) is 22.7. The number of amides is 1. The Balaban J connectivity index is 0.00000273. The predicted octanol–water partition coefficient (Wildman–Crippen LogP) is 9.16. The van der Waals surface area contributed by atoms with Gasteiger partial charge in [-0.3, -0.25) is 9.59 Å². The fraction of sp³-hybridized carbons (Fsp3) is 0.444. The Labute approximate surface area is 291 Å². The van der Waals surface area contributed by atoms with Crippen LogP contribution in [0.1, 0.15) is 72.1 Å². The average molecular weight is 711 g/mol. The molecule has 1 aliphatic heterocycles. The highest BCUT2D eigenvalue weighted by Gasteiger charge is 2.36. The smallest absolute Gasteiger partial charge is 0.497 e. The van der Waals surface area contributed by atoms with Crippen LogP contribution in [0.25, 0.3) is 0 Å². The Bertz CT molecular complexity index is 1540. The third kappa shape index (κ3) is 12.0. The highest BCUT2D eigenvalue weighted by atomic mass is 35.5. The van der Waals surface area contributed by atoms with Gasteiger partial charge in [-0.15, -0.1) is 13.2 Å². The summed E-state index contributed by atoms with van der Waals surface area (Å²) in [6.45, 7) is 9.85. The molecule has 0 aliphatic carbocycles. The van der Waals surface area contributed by atoms with Crippen molar-refractivity contribution in [1.29, 1.82) is 0 Å². The van der Waals surface area contributed by atoms with Crippen LogP contribution < -0.4 is 29.2 Å². The predicted molar refractivity (Wildman–Crippen MR) is 185 cm³/mol. The molecule has 1 heterocycles. The number of rotatable bonds is 12. The maximum absolute atomic E-state index is 14.2. The summed E-state index contributed by atoms with van der Waals surface area (Å²) < 4.78 is 65.5. The van der Waals surface area contributed by atoms with Crippen LogP contribution in [0.3, 0.4) is 0 Å². The molecule has 49 heavy (non-hydrogen) atoms. The second-order valence-corrected chi connectivity index (χ2v) is 11.9. The van der Waals surface area contributed by atoms with Crippen LogP contribution in [0.5, 0.6) is 23.0 Å². The number of methoxy groups -OCH3 is 2. The summed E-state index contributed by atoms with van der Waals surface area (Å²) in [6.07, 6.45) is -3.96. The summed E-state index contributed by atoms with van der Waals surface area (Å²) >= 11 is 6.13. The lowest BCUT2D eigenvalue weighted by atomic mass is 10.0. The Morgan fingerprint density at radius 3 is 2.18 bits per heavy atom. The fourth-order valence-electron chi connectivity index (χ4n) is 4.91. The van der Waals surface area contributed by atoms with Crippen molar-refractivity contribution >= 4 is 34.9 Å². The molecule has 1 aliphatic rings. The lowest BCUT2D eigenvalue weighted by molar-refractivity contribution is -0.275. The number of nitrogens with one attached hydrogen (secondary N) is 1. The summed E-state index contributed by atoms with van der Waals surface area (Å²) in [6, 6.07) is 13.3. The molecular formula is C36H46ClF3N2O7. The number of fused-ring (bicyclic) bond motifs is 1. The van der Waals surface area contributed by atoms with Gasteiger partial charge in [-0.25, -0.2) is 0 Å². The summed E-state index contributed by atoms with van der Waals surface area (Å²) in [5.74, 6) is -0.513. The molecule has 3 aromatic carbocycles. The SMILES string of the molecule is C.CC.COc1cc(NC(C(=O)N2CCc3cc(OC)c(OC(F)(F)F)cc32)c2ccc(Cl)cc2)cc(OCCCC(=O)OC(C)(C)C)c1. The van der Waals surface area contributed by atoms with Gasteiger partial charge in [-0.05, 0) is 62.9 Å². The van der Waals surface area contributed by atoms with E-state index in [0.717, 1.165) is 0 Å². The Morgan fingerprint density at radius 1 is 0.939 bits per heavy atom. The number of hydrogen-bond acceptors (Lipinski definition) is 8. The average Bonchev–Trinajstić information content (AvgIpc) is 3.43. The first-order valence-corrected chi connectivity index (χ1v) is 15.9. The van der Waals surface area contributed by atoms with Crippen molar-refractivity contribution in [3.63, 3.8) is 0 Å². The number of ether oxygens (including phenoxy) is 5. The molecule has 4 rings (SSSR count). The molecule has 0 spiro atoms. The minimum atomic E-state index is -4.95. The molecule has 1 unspecified atom stereocenters. The molecule has 13 heteroatoms. The van der Waals surface area contributed by atoms with Gasteiger partial charge in [0.1, 0.15) is 23.1 Å². The van der Waals surface area contributed by atoms with Crippen molar-refractivity contribution < 1.29 is 46.4 Å². The van der Waals surface area contributed by atoms with E-state index in [4.69, 9.17) is 30.5 Å². The van der Waals surface area contributed by atoms with Gasteiger partial charge in [0.15, 0.2) is 11.5 Å². The number of benzene rings is 3. The molecule has 0 bridgehead atoms. The highest BCUT2D eigenvalue weighted by molar-refractivity contribution is 6.30. The van der Waals surface area contributed by atoms with Gasteiger partial charge < -0.3 is 33.9 Å². The minimum absolute atomic E-state index is 0. The van der Waals surface area contributed by atoms with Crippen LogP contribution in [-0.4, -0.2) is 51.2 Å². The van der Waals surface area contributed by atoms with Gasteiger partial charge >= 0.3 is 12.3 Å². The van der Waals surface area contributed by atoms with Crippen LogP contribution in [0.2, 0.25) is 5.02 Å². The lowest BCUT2D eigenvalue weighted by Gasteiger charge is -2.27. The van der Waals surface area contributed by atoms with Crippen molar-refractivity contribution in [1.82, 2.24) is 0 Å². The van der Waals surface area contributed by atoms with E-state index < -0.39 is 29.7 Å². The Kier molecular flexibility index (Phi) is 14.9. The zero-order valence-corrected chi connectivity index (χ0v) is 28.9. The Morgan fingerprint density at radius 2 is 1.59 bits per heavy atom. The van der Waals surface area contributed by atoms with E-state index in [1.165, 1.54) is 31.3 Å². The van der Waals surface area contributed by atoms with Crippen LogP contribution in [0.15, 0.2) is 54.6 Å². The number of esters is 1. The number of anilines is 2. The van der Waals surface area contributed by atoms with Gasteiger partial charge in [0.2, 0.25) is 0 Å². The monoisotopic (exact) mass is 710 g/mol.